The average molecular weight is 340 g/mol. The topological polar surface area (TPSA) is 37.4 Å². The molecule has 2 aromatic carbocycles. The highest BCUT2D eigenvalue weighted by molar-refractivity contribution is 6.30. The van der Waals surface area contributed by atoms with Crippen LogP contribution in [0.1, 0.15) is 36.4 Å². The molecular formula is C20H18ClNO2. The lowest BCUT2D eigenvalue weighted by molar-refractivity contribution is -0.137. The van der Waals surface area contributed by atoms with E-state index >= 15 is 0 Å². The third kappa shape index (κ3) is 2.35. The van der Waals surface area contributed by atoms with Crippen LogP contribution in [0.4, 0.5) is 5.69 Å². The van der Waals surface area contributed by atoms with Crippen LogP contribution in [-0.2, 0) is 9.59 Å². The standard InChI is InChI=1S/C20H18ClNO2/c1-13-2-8-16(9-3-13)22-17(14-4-6-15(21)7-5-14)12-18(23)20(10-11-20)19(22)24/h2-9,17H,10-12H2,1H3. The summed E-state index contributed by atoms with van der Waals surface area (Å²) in [5.74, 6) is 0.0263. The zero-order chi connectivity index (χ0) is 16.9. The molecule has 1 atom stereocenters. The van der Waals surface area contributed by atoms with E-state index in [1.165, 1.54) is 0 Å². The summed E-state index contributed by atoms with van der Waals surface area (Å²) in [6.45, 7) is 2.02. The van der Waals surface area contributed by atoms with Crippen molar-refractivity contribution in [1.82, 2.24) is 0 Å². The quantitative estimate of drug-likeness (QED) is 0.757. The molecule has 1 aliphatic heterocycles. The van der Waals surface area contributed by atoms with E-state index in [-0.39, 0.29) is 17.7 Å². The van der Waals surface area contributed by atoms with Crippen molar-refractivity contribution in [3.8, 4) is 0 Å². The molecule has 1 saturated heterocycles. The minimum absolute atomic E-state index is 0.0532. The lowest BCUT2D eigenvalue weighted by atomic mass is 9.84. The Balaban J connectivity index is 1.79. The Hall–Kier alpha value is -2.13. The van der Waals surface area contributed by atoms with Crippen molar-refractivity contribution in [1.29, 1.82) is 0 Å². The van der Waals surface area contributed by atoms with Gasteiger partial charge in [0.2, 0.25) is 5.91 Å². The molecule has 1 aliphatic carbocycles. The fourth-order valence-corrected chi connectivity index (χ4v) is 3.65. The molecule has 0 bridgehead atoms. The predicted molar refractivity (Wildman–Crippen MR) is 94.1 cm³/mol. The monoisotopic (exact) mass is 339 g/mol. The number of nitrogens with zero attached hydrogens (tertiary/aromatic N) is 1. The van der Waals surface area contributed by atoms with Gasteiger partial charge in [0.25, 0.3) is 0 Å². The van der Waals surface area contributed by atoms with E-state index < -0.39 is 5.41 Å². The Morgan fingerprint density at radius 3 is 2.21 bits per heavy atom. The molecule has 4 rings (SSSR count). The number of benzene rings is 2. The molecule has 122 valence electrons. The van der Waals surface area contributed by atoms with E-state index in [2.05, 4.69) is 0 Å². The van der Waals surface area contributed by atoms with Crippen LogP contribution in [0.2, 0.25) is 5.02 Å². The van der Waals surface area contributed by atoms with Crippen molar-refractivity contribution < 1.29 is 9.59 Å². The van der Waals surface area contributed by atoms with Gasteiger partial charge in [0.15, 0.2) is 5.78 Å². The Morgan fingerprint density at radius 1 is 1.00 bits per heavy atom. The first-order valence-electron chi connectivity index (χ1n) is 8.20. The van der Waals surface area contributed by atoms with Crippen molar-refractivity contribution in [2.45, 2.75) is 32.2 Å². The van der Waals surface area contributed by atoms with Crippen LogP contribution in [0.3, 0.4) is 0 Å². The summed E-state index contributed by atoms with van der Waals surface area (Å²) in [5.41, 5.74) is 2.18. The maximum Gasteiger partial charge on any atom is 0.241 e. The van der Waals surface area contributed by atoms with Gasteiger partial charge >= 0.3 is 0 Å². The summed E-state index contributed by atoms with van der Waals surface area (Å²) in [6, 6.07) is 15.1. The number of hydrogen-bond donors (Lipinski definition) is 0. The van der Waals surface area contributed by atoms with Gasteiger partial charge in [0.1, 0.15) is 5.41 Å². The summed E-state index contributed by atoms with van der Waals surface area (Å²) < 4.78 is 0. The number of aryl methyl sites for hydroxylation is 1. The summed E-state index contributed by atoms with van der Waals surface area (Å²) in [7, 11) is 0. The number of piperidine rings is 1. The summed E-state index contributed by atoms with van der Waals surface area (Å²) in [5, 5.41) is 0.646. The molecule has 0 N–H and O–H groups in total. The van der Waals surface area contributed by atoms with Crippen LogP contribution in [0.15, 0.2) is 48.5 Å². The van der Waals surface area contributed by atoms with E-state index in [1.807, 2.05) is 48.2 Å². The van der Waals surface area contributed by atoms with E-state index in [9.17, 15) is 9.59 Å². The molecule has 24 heavy (non-hydrogen) atoms. The molecule has 2 fully saturated rings. The first kappa shape index (κ1) is 15.4. The second-order valence-electron chi connectivity index (χ2n) is 6.79. The summed E-state index contributed by atoms with van der Waals surface area (Å²) in [4.78, 5) is 27.5. The molecule has 1 spiro atoms. The molecule has 2 aliphatic rings. The van der Waals surface area contributed by atoms with Crippen molar-refractivity contribution in [3.63, 3.8) is 0 Å². The van der Waals surface area contributed by atoms with Crippen molar-refractivity contribution in [3.05, 3.63) is 64.7 Å². The summed E-state index contributed by atoms with van der Waals surface area (Å²) >= 11 is 5.99. The van der Waals surface area contributed by atoms with Gasteiger partial charge in [-0.05, 0) is 49.6 Å². The largest absolute Gasteiger partial charge is 0.304 e. The lowest BCUT2D eigenvalue weighted by Crippen LogP contribution is -2.49. The number of ketones is 1. The van der Waals surface area contributed by atoms with Crippen LogP contribution in [0.5, 0.6) is 0 Å². The molecule has 0 aromatic heterocycles. The molecular weight excluding hydrogens is 322 g/mol. The molecule has 1 heterocycles. The smallest absolute Gasteiger partial charge is 0.241 e. The minimum atomic E-state index is -0.756. The highest BCUT2D eigenvalue weighted by atomic mass is 35.5. The van der Waals surface area contributed by atoms with Crippen molar-refractivity contribution in [2.75, 3.05) is 4.90 Å². The average Bonchev–Trinajstić information content (AvgIpc) is 3.37. The fraction of sp³-hybridized carbons (Fsp3) is 0.300. The van der Waals surface area contributed by atoms with Crippen LogP contribution in [-0.4, -0.2) is 11.7 Å². The van der Waals surface area contributed by atoms with Gasteiger partial charge in [-0.1, -0.05) is 41.4 Å². The number of Topliss-reactive ketones (excluding diaryl/α,β-unsaturated/α-hetero) is 1. The maximum absolute atomic E-state index is 13.1. The molecule has 4 heteroatoms. The SMILES string of the molecule is Cc1ccc(N2C(=O)C3(CC3)C(=O)CC2c2ccc(Cl)cc2)cc1. The normalized spacial score (nSPS) is 22.1. The second-order valence-corrected chi connectivity index (χ2v) is 7.22. The third-order valence-corrected chi connectivity index (χ3v) is 5.42. The van der Waals surface area contributed by atoms with Gasteiger partial charge in [-0.3, -0.25) is 9.59 Å². The fourth-order valence-electron chi connectivity index (χ4n) is 3.53. The van der Waals surface area contributed by atoms with Crippen molar-refractivity contribution in [2.24, 2.45) is 5.41 Å². The molecule has 1 saturated carbocycles. The molecule has 0 radical (unpaired) electrons. The number of carbonyl (C=O) groups excluding carboxylic acids is 2. The third-order valence-electron chi connectivity index (χ3n) is 5.17. The molecule has 1 amide bonds. The highest BCUT2D eigenvalue weighted by Gasteiger charge is 2.61. The van der Waals surface area contributed by atoms with E-state index in [0.717, 1.165) is 16.8 Å². The molecule has 3 nitrogen and oxygen atoms in total. The molecule has 2 aromatic rings. The van der Waals surface area contributed by atoms with E-state index in [1.54, 1.807) is 12.1 Å². The van der Waals surface area contributed by atoms with E-state index in [4.69, 9.17) is 11.6 Å². The van der Waals surface area contributed by atoms with Crippen LogP contribution < -0.4 is 4.90 Å². The predicted octanol–water partition coefficient (Wildman–Crippen LogP) is 4.48. The van der Waals surface area contributed by atoms with Gasteiger partial charge in [0.05, 0.1) is 6.04 Å². The number of hydrogen-bond acceptors (Lipinski definition) is 2. The lowest BCUT2D eigenvalue weighted by Gasteiger charge is -2.39. The van der Waals surface area contributed by atoms with Gasteiger partial charge in [-0.25, -0.2) is 0 Å². The number of carbonyl (C=O) groups is 2. The Kier molecular flexibility index (Phi) is 3.50. The van der Waals surface area contributed by atoms with Crippen LogP contribution in [0.25, 0.3) is 0 Å². The summed E-state index contributed by atoms with van der Waals surface area (Å²) in [6.07, 6.45) is 1.72. The Bertz CT molecular complexity index is 807. The first-order valence-corrected chi connectivity index (χ1v) is 8.58. The number of amides is 1. The Labute approximate surface area is 146 Å². The van der Waals surface area contributed by atoms with Crippen LogP contribution >= 0.6 is 11.6 Å². The zero-order valence-corrected chi connectivity index (χ0v) is 14.2. The number of halogens is 1. The van der Waals surface area contributed by atoms with Gasteiger partial charge in [-0.15, -0.1) is 0 Å². The number of rotatable bonds is 2. The Morgan fingerprint density at radius 2 is 1.62 bits per heavy atom. The minimum Gasteiger partial charge on any atom is -0.304 e. The van der Waals surface area contributed by atoms with E-state index in [0.29, 0.717) is 24.3 Å². The second kappa shape index (κ2) is 5.45. The van der Waals surface area contributed by atoms with Crippen molar-refractivity contribution >= 4 is 29.0 Å². The van der Waals surface area contributed by atoms with Gasteiger partial charge < -0.3 is 4.90 Å². The van der Waals surface area contributed by atoms with Gasteiger partial charge in [-0.2, -0.15) is 0 Å². The first-order chi connectivity index (χ1) is 11.5. The van der Waals surface area contributed by atoms with Gasteiger partial charge in [0, 0.05) is 17.1 Å². The van der Waals surface area contributed by atoms with Crippen LogP contribution in [0, 0.1) is 12.3 Å². The maximum atomic E-state index is 13.1. The highest BCUT2D eigenvalue weighted by Crippen LogP contribution is 2.54. The zero-order valence-electron chi connectivity index (χ0n) is 13.5. The molecule has 1 unspecified atom stereocenters. The number of anilines is 1.